The van der Waals surface area contributed by atoms with Crippen LogP contribution in [0.2, 0.25) is 0 Å². The van der Waals surface area contributed by atoms with Crippen LogP contribution in [0.3, 0.4) is 0 Å². The van der Waals surface area contributed by atoms with Gasteiger partial charge in [-0.05, 0) is 31.2 Å². The summed E-state index contributed by atoms with van der Waals surface area (Å²) in [6, 6.07) is 5.12. The third kappa shape index (κ3) is 6.37. The van der Waals surface area contributed by atoms with Gasteiger partial charge in [0.1, 0.15) is 0 Å². The van der Waals surface area contributed by atoms with Crippen LogP contribution in [-0.4, -0.2) is 49.2 Å². The first kappa shape index (κ1) is 20.9. The van der Waals surface area contributed by atoms with Crippen molar-refractivity contribution in [2.45, 2.75) is 57.2 Å². The second-order valence-electron chi connectivity index (χ2n) is 6.91. The highest BCUT2D eigenvalue weighted by Crippen LogP contribution is 2.27. The normalized spacial score (nSPS) is 24.5. The van der Waals surface area contributed by atoms with Gasteiger partial charge in [0.2, 0.25) is 0 Å². The molecular formula is C18H31IN4OS. The maximum atomic E-state index is 6.16. The molecule has 1 aromatic heterocycles. The van der Waals surface area contributed by atoms with Gasteiger partial charge in [-0.3, -0.25) is 9.89 Å². The Morgan fingerprint density at radius 3 is 2.92 bits per heavy atom. The van der Waals surface area contributed by atoms with E-state index in [9.17, 15) is 0 Å². The van der Waals surface area contributed by atoms with Crippen LogP contribution in [0, 0.1) is 0 Å². The van der Waals surface area contributed by atoms with E-state index in [1.165, 1.54) is 37.0 Å². The van der Waals surface area contributed by atoms with Gasteiger partial charge >= 0.3 is 0 Å². The summed E-state index contributed by atoms with van der Waals surface area (Å²) < 4.78 is 5.69. The van der Waals surface area contributed by atoms with E-state index in [0.717, 1.165) is 19.7 Å². The number of ether oxygens (including phenoxy) is 1. The molecule has 0 bridgehead atoms. The summed E-state index contributed by atoms with van der Waals surface area (Å²) >= 11 is 1.80. The molecule has 0 aromatic carbocycles. The number of morpholine rings is 1. The lowest BCUT2D eigenvalue weighted by molar-refractivity contribution is -0.0327. The lowest BCUT2D eigenvalue weighted by atomic mass is 9.96. The Kier molecular flexibility index (Phi) is 8.95. The number of nitrogens with one attached hydrogen (secondary N) is 1. The molecular weight excluding hydrogens is 447 g/mol. The molecule has 2 heterocycles. The van der Waals surface area contributed by atoms with Crippen molar-refractivity contribution in [1.82, 2.24) is 10.2 Å². The number of thiophene rings is 1. The summed E-state index contributed by atoms with van der Waals surface area (Å²) in [5, 5.41) is 5.56. The van der Waals surface area contributed by atoms with Gasteiger partial charge in [0, 0.05) is 24.0 Å². The van der Waals surface area contributed by atoms with Gasteiger partial charge in [0.15, 0.2) is 5.96 Å². The molecule has 1 aliphatic carbocycles. The van der Waals surface area contributed by atoms with E-state index in [2.05, 4.69) is 39.6 Å². The summed E-state index contributed by atoms with van der Waals surface area (Å²) in [7, 11) is 0. The molecule has 0 radical (unpaired) electrons. The SMILES string of the molecule is CC1CN(C(CN=C(N)NC2CCCCC2)c2cccs2)CCO1.I. The first-order chi connectivity index (χ1) is 11.7. The Morgan fingerprint density at radius 1 is 1.44 bits per heavy atom. The molecule has 5 nitrogen and oxygen atoms in total. The quantitative estimate of drug-likeness (QED) is 0.387. The number of guanidine groups is 1. The van der Waals surface area contributed by atoms with E-state index in [0.29, 0.717) is 24.6 Å². The summed E-state index contributed by atoms with van der Waals surface area (Å²) in [5.74, 6) is 0.602. The van der Waals surface area contributed by atoms with Crippen LogP contribution in [0.25, 0.3) is 0 Å². The van der Waals surface area contributed by atoms with Crippen molar-refractivity contribution in [1.29, 1.82) is 0 Å². The second-order valence-corrected chi connectivity index (χ2v) is 7.89. The van der Waals surface area contributed by atoms with Crippen molar-refractivity contribution in [3.63, 3.8) is 0 Å². The average Bonchev–Trinajstić information content (AvgIpc) is 3.10. The number of rotatable bonds is 5. The Balaban J connectivity index is 0.00000225. The molecule has 1 saturated heterocycles. The Bertz CT molecular complexity index is 519. The van der Waals surface area contributed by atoms with Crippen molar-refractivity contribution in [2.24, 2.45) is 10.7 Å². The Hall–Kier alpha value is -0.380. The van der Waals surface area contributed by atoms with Gasteiger partial charge in [-0.25, -0.2) is 0 Å². The summed E-state index contributed by atoms with van der Waals surface area (Å²) in [4.78, 5) is 8.53. The van der Waals surface area contributed by atoms with Gasteiger partial charge in [0.25, 0.3) is 0 Å². The topological polar surface area (TPSA) is 62.9 Å². The van der Waals surface area contributed by atoms with Crippen LogP contribution >= 0.6 is 35.3 Å². The highest BCUT2D eigenvalue weighted by molar-refractivity contribution is 14.0. The molecule has 2 atom stereocenters. The summed E-state index contributed by atoms with van der Waals surface area (Å²) in [6.45, 7) is 5.55. The number of nitrogens with two attached hydrogens (primary N) is 1. The first-order valence-electron chi connectivity index (χ1n) is 9.18. The van der Waals surface area contributed by atoms with Gasteiger partial charge in [-0.1, -0.05) is 25.3 Å². The largest absolute Gasteiger partial charge is 0.376 e. The zero-order valence-electron chi connectivity index (χ0n) is 15.0. The minimum Gasteiger partial charge on any atom is -0.376 e. The average molecular weight is 478 g/mol. The third-order valence-electron chi connectivity index (χ3n) is 4.98. The van der Waals surface area contributed by atoms with Crippen LogP contribution in [0.15, 0.2) is 22.5 Å². The molecule has 142 valence electrons. The molecule has 25 heavy (non-hydrogen) atoms. The summed E-state index contributed by atoms with van der Waals surface area (Å²) in [5.41, 5.74) is 6.16. The molecule has 2 aliphatic rings. The fourth-order valence-corrected chi connectivity index (χ4v) is 4.53. The fraction of sp³-hybridized carbons (Fsp3) is 0.722. The number of halogens is 1. The smallest absolute Gasteiger partial charge is 0.188 e. The van der Waals surface area contributed by atoms with E-state index in [1.807, 2.05) is 0 Å². The van der Waals surface area contributed by atoms with E-state index >= 15 is 0 Å². The highest BCUT2D eigenvalue weighted by atomic mass is 127. The highest BCUT2D eigenvalue weighted by Gasteiger charge is 2.26. The monoisotopic (exact) mass is 478 g/mol. The molecule has 0 spiro atoms. The number of aliphatic imine (C=N–C) groups is 1. The molecule has 3 rings (SSSR count). The van der Waals surface area contributed by atoms with Crippen LogP contribution in [0.1, 0.15) is 49.9 Å². The van der Waals surface area contributed by atoms with Gasteiger partial charge in [-0.15, -0.1) is 35.3 Å². The zero-order chi connectivity index (χ0) is 16.8. The molecule has 1 aliphatic heterocycles. The van der Waals surface area contributed by atoms with E-state index in [4.69, 9.17) is 10.5 Å². The Morgan fingerprint density at radius 2 is 2.24 bits per heavy atom. The number of nitrogens with zero attached hydrogens (tertiary/aromatic N) is 2. The Labute approximate surface area is 172 Å². The van der Waals surface area contributed by atoms with Crippen molar-refractivity contribution < 1.29 is 4.74 Å². The summed E-state index contributed by atoms with van der Waals surface area (Å²) in [6.07, 6.45) is 6.66. The molecule has 7 heteroatoms. The molecule has 2 fully saturated rings. The van der Waals surface area contributed by atoms with Gasteiger partial charge in [-0.2, -0.15) is 0 Å². The molecule has 3 N–H and O–H groups in total. The molecule has 1 saturated carbocycles. The standard InChI is InChI=1S/C18H30N4OS.HI/c1-14-13-22(9-10-23-14)16(17-8-5-11-24-17)12-20-18(19)21-15-6-3-2-4-7-15;/h5,8,11,14-16H,2-4,6-7,9-10,12-13H2,1H3,(H3,19,20,21);1H. The minimum atomic E-state index is 0. The molecule has 2 unspecified atom stereocenters. The van der Waals surface area contributed by atoms with E-state index < -0.39 is 0 Å². The predicted octanol–water partition coefficient (Wildman–Crippen LogP) is 3.36. The van der Waals surface area contributed by atoms with Crippen molar-refractivity contribution in [3.05, 3.63) is 22.4 Å². The molecule has 1 aromatic rings. The lowest BCUT2D eigenvalue weighted by Crippen LogP contribution is -2.45. The zero-order valence-corrected chi connectivity index (χ0v) is 18.2. The molecule has 0 amide bonds. The van der Waals surface area contributed by atoms with Crippen molar-refractivity contribution >= 4 is 41.3 Å². The van der Waals surface area contributed by atoms with E-state index in [1.54, 1.807) is 11.3 Å². The third-order valence-corrected chi connectivity index (χ3v) is 5.95. The first-order valence-corrected chi connectivity index (χ1v) is 10.1. The van der Waals surface area contributed by atoms with Crippen molar-refractivity contribution in [2.75, 3.05) is 26.2 Å². The number of hydrogen-bond donors (Lipinski definition) is 2. The minimum absolute atomic E-state index is 0. The van der Waals surface area contributed by atoms with E-state index in [-0.39, 0.29) is 30.1 Å². The van der Waals surface area contributed by atoms with Crippen LogP contribution < -0.4 is 11.1 Å². The second kappa shape index (κ2) is 10.7. The van der Waals surface area contributed by atoms with Gasteiger partial charge in [0.05, 0.1) is 25.3 Å². The maximum Gasteiger partial charge on any atom is 0.188 e. The fourth-order valence-electron chi connectivity index (χ4n) is 3.68. The van der Waals surface area contributed by atoms with Crippen LogP contribution in [-0.2, 0) is 4.74 Å². The number of hydrogen-bond acceptors (Lipinski definition) is 4. The van der Waals surface area contributed by atoms with Crippen LogP contribution in [0.5, 0.6) is 0 Å². The van der Waals surface area contributed by atoms with Crippen LogP contribution in [0.4, 0.5) is 0 Å². The predicted molar refractivity (Wildman–Crippen MR) is 116 cm³/mol. The van der Waals surface area contributed by atoms with Crippen molar-refractivity contribution in [3.8, 4) is 0 Å². The van der Waals surface area contributed by atoms with Gasteiger partial charge < -0.3 is 15.8 Å². The maximum absolute atomic E-state index is 6.16. The lowest BCUT2D eigenvalue weighted by Gasteiger charge is -2.36.